The lowest BCUT2D eigenvalue weighted by atomic mass is 10.2. The SMILES string of the molecule is CNC(=O)Nc1cccc(C(N)=O)c1. The highest BCUT2D eigenvalue weighted by atomic mass is 16.2. The molecule has 5 nitrogen and oxygen atoms in total. The molecule has 74 valence electrons. The lowest BCUT2D eigenvalue weighted by Gasteiger charge is -2.04. The maximum Gasteiger partial charge on any atom is 0.318 e. The standard InChI is InChI=1S/C9H11N3O2/c1-11-9(14)12-7-4-2-3-6(5-7)8(10)13/h2-5H,1H3,(H2,10,13)(H2,11,12,14). The molecule has 3 amide bonds. The van der Waals surface area contributed by atoms with Crippen LogP contribution in [0, 0.1) is 0 Å². The van der Waals surface area contributed by atoms with Crippen LogP contribution in [0.2, 0.25) is 0 Å². The molecule has 0 saturated carbocycles. The molecule has 0 saturated heterocycles. The van der Waals surface area contributed by atoms with Crippen LogP contribution in [-0.2, 0) is 0 Å². The zero-order valence-corrected chi connectivity index (χ0v) is 7.70. The number of carbonyl (C=O) groups excluding carboxylic acids is 2. The van der Waals surface area contributed by atoms with Gasteiger partial charge in [0.15, 0.2) is 0 Å². The van der Waals surface area contributed by atoms with E-state index < -0.39 is 5.91 Å². The summed E-state index contributed by atoms with van der Waals surface area (Å²) < 4.78 is 0. The summed E-state index contributed by atoms with van der Waals surface area (Å²) in [5, 5.41) is 4.92. The molecule has 0 bridgehead atoms. The van der Waals surface area contributed by atoms with Gasteiger partial charge in [0.2, 0.25) is 5.91 Å². The average molecular weight is 193 g/mol. The van der Waals surface area contributed by atoms with Crippen molar-refractivity contribution in [1.82, 2.24) is 5.32 Å². The molecular formula is C9H11N3O2. The molecule has 0 atom stereocenters. The second-order valence-corrected chi connectivity index (χ2v) is 2.65. The van der Waals surface area contributed by atoms with E-state index in [1.807, 2.05) is 0 Å². The van der Waals surface area contributed by atoms with Crippen molar-refractivity contribution in [2.24, 2.45) is 5.73 Å². The number of primary amides is 1. The van der Waals surface area contributed by atoms with Crippen molar-refractivity contribution in [3.8, 4) is 0 Å². The number of nitrogens with two attached hydrogens (primary N) is 1. The number of nitrogens with one attached hydrogen (secondary N) is 2. The van der Waals surface area contributed by atoms with Crippen molar-refractivity contribution < 1.29 is 9.59 Å². The number of urea groups is 1. The molecule has 1 aromatic carbocycles. The zero-order chi connectivity index (χ0) is 10.6. The van der Waals surface area contributed by atoms with Gasteiger partial charge in [-0.25, -0.2) is 4.79 Å². The first-order chi connectivity index (χ1) is 6.63. The Labute approximate surface area is 81.3 Å². The number of hydrogen-bond donors (Lipinski definition) is 3. The Balaban J connectivity index is 2.83. The van der Waals surface area contributed by atoms with E-state index in [1.54, 1.807) is 18.2 Å². The fourth-order valence-corrected chi connectivity index (χ4v) is 0.944. The number of amides is 3. The average Bonchev–Trinajstić information content (AvgIpc) is 2.18. The quantitative estimate of drug-likeness (QED) is 0.640. The van der Waals surface area contributed by atoms with E-state index in [2.05, 4.69) is 10.6 Å². The molecule has 0 aliphatic rings. The number of rotatable bonds is 2. The highest BCUT2D eigenvalue weighted by Crippen LogP contribution is 2.09. The third-order valence-electron chi connectivity index (χ3n) is 1.63. The maximum absolute atomic E-state index is 10.9. The van der Waals surface area contributed by atoms with E-state index in [0.717, 1.165) is 0 Å². The highest BCUT2D eigenvalue weighted by Gasteiger charge is 2.02. The van der Waals surface area contributed by atoms with Crippen molar-refractivity contribution in [2.45, 2.75) is 0 Å². The zero-order valence-electron chi connectivity index (χ0n) is 7.70. The lowest BCUT2D eigenvalue weighted by molar-refractivity contribution is 0.100. The van der Waals surface area contributed by atoms with Crippen LogP contribution in [-0.4, -0.2) is 19.0 Å². The third-order valence-corrected chi connectivity index (χ3v) is 1.63. The van der Waals surface area contributed by atoms with Crippen molar-refractivity contribution in [3.05, 3.63) is 29.8 Å². The molecular weight excluding hydrogens is 182 g/mol. The van der Waals surface area contributed by atoms with Crippen LogP contribution in [0.1, 0.15) is 10.4 Å². The van der Waals surface area contributed by atoms with Crippen molar-refractivity contribution in [3.63, 3.8) is 0 Å². The topological polar surface area (TPSA) is 84.2 Å². The van der Waals surface area contributed by atoms with Gasteiger partial charge in [0.1, 0.15) is 0 Å². The van der Waals surface area contributed by atoms with Gasteiger partial charge in [0.05, 0.1) is 0 Å². The molecule has 0 spiro atoms. The van der Waals surface area contributed by atoms with Crippen LogP contribution < -0.4 is 16.4 Å². The third kappa shape index (κ3) is 2.48. The van der Waals surface area contributed by atoms with Gasteiger partial charge in [0, 0.05) is 18.3 Å². The van der Waals surface area contributed by atoms with E-state index in [9.17, 15) is 9.59 Å². The summed E-state index contributed by atoms with van der Waals surface area (Å²) in [4.78, 5) is 21.7. The Kier molecular flexibility index (Phi) is 3.06. The van der Waals surface area contributed by atoms with Crippen LogP contribution in [0.4, 0.5) is 10.5 Å². The Morgan fingerprint density at radius 3 is 2.64 bits per heavy atom. The van der Waals surface area contributed by atoms with Gasteiger partial charge in [-0.15, -0.1) is 0 Å². The fourth-order valence-electron chi connectivity index (χ4n) is 0.944. The molecule has 0 aliphatic carbocycles. The summed E-state index contributed by atoms with van der Waals surface area (Å²) >= 11 is 0. The molecule has 0 aromatic heterocycles. The molecule has 1 aromatic rings. The number of carbonyl (C=O) groups is 2. The Bertz CT molecular complexity index is 363. The maximum atomic E-state index is 10.9. The molecule has 0 heterocycles. The molecule has 0 radical (unpaired) electrons. The van der Waals surface area contributed by atoms with E-state index in [4.69, 9.17) is 5.73 Å². The van der Waals surface area contributed by atoms with Crippen molar-refractivity contribution >= 4 is 17.6 Å². The molecule has 1 rings (SSSR count). The first-order valence-corrected chi connectivity index (χ1v) is 4.02. The van der Waals surface area contributed by atoms with Gasteiger partial charge < -0.3 is 16.4 Å². The number of hydrogen-bond acceptors (Lipinski definition) is 2. The summed E-state index contributed by atoms with van der Waals surface area (Å²) in [7, 11) is 1.51. The predicted octanol–water partition coefficient (Wildman–Crippen LogP) is 0.537. The van der Waals surface area contributed by atoms with E-state index >= 15 is 0 Å². The highest BCUT2D eigenvalue weighted by molar-refractivity contribution is 5.95. The van der Waals surface area contributed by atoms with Gasteiger partial charge in [-0.3, -0.25) is 4.79 Å². The molecule has 14 heavy (non-hydrogen) atoms. The normalized spacial score (nSPS) is 9.21. The second-order valence-electron chi connectivity index (χ2n) is 2.65. The molecule has 4 N–H and O–H groups in total. The van der Waals surface area contributed by atoms with Gasteiger partial charge in [-0.05, 0) is 18.2 Å². The second kappa shape index (κ2) is 4.27. The minimum atomic E-state index is -0.523. The number of benzene rings is 1. The minimum Gasteiger partial charge on any atom is -0.366 e. The summed E-state index contributed by atoms with van der Waals surface area (Å²) in [6, 6.07) is 6.06. The molecule has 0 aliphatic heterocycles. The Hall–Kier alpha value is -2.04. The summed E-state index contributed by atoms with van der Waals surface area (Å²) in [5.41, 5.74) is 5.97. The Morgan fingerprint density at radius 2 is 2.07 bits per heavy atom. The smallest absolute Gasteiger partial charge is 0.318 e. The monoisotopic (exact) mass is 193 g/mol. The van der Waals surface area contributed by atoms with Crippen molar-refractivity contribution in [2.75, 3.05) is 12.4 Å². The minimum absolute atomic E-state index is 0.341. The molecule has 5 heteroatoms. The van der Waals surface area contributed by atoms with Gasteiger partial charge >= 0.3 is 6.03 Å². The van der Waals surface area contributed by atoms with Gasteiger partial charge in [-0.1, -0.05) is 6.07 Å². The van der Waals surface area contributed by atoms with E-state index in [1.165, 1.54) is 13.1 Å². The lowest BCUT2D eigenvalue weighted by Crippen LogP contribution is -2.24. The van der Waals surface area contributed by atoms with Crippen molar-refractivity contribution in [1.29, 1.82) is 0 Å². The fraction of sp³-hybridized carbons (Fsp3) is 0.111. The van der Waals surface area contributed by atoms with E-state index in [-0.39, 0.29) is 6.03 Å². The van der Waals surface area contributed by atoms with Crippen LogP contribution in [0.5, 0.6) is 0 Å². The van der Waals surface area contributed by atoms with Crippen LogP contribution in [0.15, 0.2) is 24.3 Å². The number of anilines is 1. The molecule has 0 unspecified atom stereocenters. The van der Waals surface area contributed by atoms with Gasteiger partial charge in [-0.2, -0.15) is 0 Å². The molecule has 0 fully saturated rings. The Morgan fingerprint density at radius 1 is 1.36 bits per heavy atom. The summed E-state index contributed by atoms with van der Waals surface area (Å²) in [6.45, 7) is 0. The summed E-state index contributed by atoms with van der Waals surface area (Å²) in [5.74, 6) is -0.523. The van der Waals surface area contributed by atoms with Crippen LogP contribution in [0.25, 0.3) is 0 Å². The summed E-state index contributed by atoms with van der Waals surface area (Å²) in [6.07, 6.45) is 0. The van der Waals surface area contributed by atoms with Crippen LogP contribution in [0.3, 0.4) is 0 Å². The van der Waals surface area contributed by atoms with Crippen LogP contribution >= 0.6 is 0 Å². The largest absolute Gasteiger partial charge is 0.366 e. The predicted molar refractivity (Wildman–Crippen MR) is 53.0 cm³/mol. The first-order valence-electron chi connectivity index (χ1n) is 4.02. The van der Waals surface area contributed by atoms with E-state index in [0.29, 0.717) is 11.3 Å². The first kappa shape index (κ1) is 10.0. The van der Waals surface area contributed by atoms with Gasteiger partial charge in [0.25, 0.3) is 0 Å².